The Hall–Kier alpha value is -3.90. The maximum atomic E-state index is 12.7. The van der Waals surface area contributed by atoms with E-state index < -0.39 is 55.4 Å². The molecule has 0 aliphatic carbocycles. The molecule has 1 rings (SSSR count). The van der Waals surface area contributed by atoms with E-state index in [9.17, 15) is 30.0 Å². The van der Waals surface area contributed by atoms with E-state index in [2.05, 4.69) is 92.8 Å². The van der Waals surface area contributed by atoms with Gasteiger partial charge in [-0.15, -0.1) is 0 Å². The number of allylic oxidation sites excluding steroid dienone is 20. The van der Waals surface area contributed by atoms with E-state index in [4.69, 9.17) is 18.9 Å². The number of hydrogen-bond donors (Lipinski definition) is 4. The zero-order chi connectivity index (χ0) is 42.3. The largest absolute Gasteiger partial charge is 0.462 e. The minimum Gasteiger partial charge on any atom is -0.462 e. The van der Waals surface area contributed by atoms with Crippen molar-refractivity contribution in [3.63, 3.8) is 0 Å². The standard InChI is InChI=1S/C48H72O10/c1-3-5-7-9-11-13-15-17-18-19-20-21-22-23-25-26-28-30-32-34-36-43(50)55-39-41(40-56-48-47(54)46(53)45(52)42(38-49)58-48)57-44(51)37-35-33-31-29-27-24-16-14-12-10-8-6-4-2/h5-8,10-14,16-18,20-21,23-25,27-28,30,41-42,45-49,52-54H,3-4,9,15,19,22,26,29,31-40H2,1-2H3/b7-5+,8-6+,12-10+,13-11+,16-14+,18-17+,21-20+,25-23+,27-24+,30-28+/t41?,42-,45+,46?,47?,48-/m0/s1. The average Bonchev–Trinajstić information content (AvgIpc) is 3.22. The lowest BCUT2D eigenvalue weighted by molar-refractivity contribution is -0.305. The van der Waals surface area contributed by atoms with Crippen molar-refractivity contribution in [2.75, 3.05) is 19.8 Å². The fourth-order valence-electron chi connectivity index (χ4n) is 5.38. The molecule has 3 unspecified atom stereocenters. The molecule has 1 aliphatic rings. The first-order chi connectivity index (χ1) is 28.3. The minimum atomic E-state index is -1.62. The molecule has 0 aromatic carbocycles. The van der Waals surface area contributed by atoms with Crippen molar-refractivity contribution in [3.8, 4) is 0 Å². The van der Waals surface area contributed by atoms with Gasteiger partial charge < -0.3 is 39.4 Å². The molecular formula is C48H72O10. The number of hydrogen-bond acceptors (Lipinski definition) is 10. The lowest BCUT2D eigenvalue weighted by Crippen LogP contribution is -2.59. The third-order valence-corrected chi connectivity index (χ3v) is 8.69. The summed E-state index contributed by atoms with van der Waals surface area (Å²) in [7, 11) is 0. The van der Waals surface area contributed by atoms with Crippen LogP contribution in [0, 0.1) is 0 Å². The normalized spacial score (nSPS) is 21.4. The molecule has 324 valence electrons. The van der Waals surface area contributed by atoms with E-state index in [0.717, 1.165) is 64.2 Å². The molecule has 0 aromatic heterocycles. The number of carbonyl (C=O) groups excluding carboxylic acids is 2. The van der Waals surface area contributed by atoms with Gasteiger partial charge in [-0.05, 0) is 77.0 Å². The Bertz CT molecular complexity index is 1350. The number of rotatable bonds is 32. The summed E-state index contributed by atoms with van der Waals surface area (Å²) >= 11 is 0. The molecule has 10 heteroatoms. The lowest BCUT2D eigenvalue weighted by Gasteiger charge is -2.39. The number of carbonyl (C=O) groups is 2. The van der Waals surface area contributed by atoms with Crippen LogP contribution < -0.4 is 0 Å². The summed E-state index contributed by atoms with van der Waals surface area (Å²) in [6, 6.07) is 0. The summed E-state index contributed by atoms with van der Waals surface area (Å²) in [5.74, 6) is -0.939. The Balaban J connectivity index is 2.43. The fraction of sp³-hybridized carbons (Fsp3) is 0.542. The molecule has 0 saturated carbocycles. The van der Waals surface area contributed by atoms with E-state index in [1.54, 1.807) is 0 Å². The van der Waals surface area contributed by atoms with E-state index in [1.807, 2.05) is 42.5 Å². The van der Waals surface area contributed by atoms with Gasteiger partial charge in [0, 0.05) is 12.8 Å². The second kappa shape index (κ2) is 37.4. The molecule has 0 radical (unpaired) electrons. The van der Waals surface area contributed by atoms with Gasteiger partial charge in [0.2, 0.25) is 0 Å². The predicted molar refractivity (Wildman–Crippen MR) is 233 cm³/mol. The molecule has 58 heavy (non-hydrogen) atoms. The zero-order valence-electron chi connectivity index (χ0n) is 35.0. The topological polar surface area (TPSA) is 152 Å². The smallest absolute Gasteiger partial charge is 0.306 e. The van der Waals surface area contributed by atoms with Gasteiger partial charge in [0.25, 0.3) is 0 Å². The molecule has 0 bridgehead atoms. The van der Waals surface area contributed by atoms with Crippen LogP contribution >= 0.6 is 0 Å². The molecular weight excluding hydrogens is 737 g/mol. The molecule has 1 aliphatic heterocycles. The summed E-state index contributed by atoms with van der Waals surface area (Å²) in [6.45, 7) is 3.03. The van der Waals surface area contributed by atoms with Gasteiger partial charge >= 0.3 is 11.9 Å². The van der Waals surface area contributed by atoms with Crippen LogP contribution in [0.2, 0.25) is 0 Å². The van der Waals surface area contributed by atoms with Gasteiger partial charge in [-0.25, -0.2) is 0 Å². The Morgan fingerprint density at radius 1 is 0.552 bits per heavy atom. The second-order valence-electron chi connectivity index (χ2n) is 13.8. The summed E-state index contributed by atoms with van der Waals surface area (Å²) < 4.78 is 22.0. The highest BCUT2D eigenvalue weighted by molar-refractivity contribution is 5.70. The van der Waals surface area contributed by atoms with Crippen molar-refractivity contribution in [3.05, 3.63) is 122 Å². The van der Waals surface area contributed by atoms with E-state index in [0.29, 0.717) is 19.3 Å². The number of aliphatic hydroxyl groups is 4. The van der Waals surface area contributed by atoms with Gasteiger partial charge in [-0.2, -0.15) is 0 Å². The average molecular weight is 809 g/mol. The number of unbranched alkanes of at least 4 members (excludes halogenated alkanes) is 4. The van der Waals surface area contributed by atoms with Crippen molar-refractivity contribution < 1.29 is 49.0 Å². The van der Waals surface area contributed by atoms with Crippen LogP contribution in [0.15, 0.2) is 122 Å². The van der Waals surface area contributed by atoms with Crippen molar-refractivity contribution >= 4 is 11.9 Å². The Kier molecular flexibility index (Phi) is 33.6. The molecule has 1 fully saturated rings. The van der Waals surface area contributed by atoms with Crippen LogP contribution in [0.3, 0.4) is 0 Å². The molecule has 1 heterocycles. The van der Waals surface area contributed by atoms with Crippen LogP contribution in [0.25, 0.3) is 0 Å². The molecule has 6 atom stereocenters. The molecule has 4 N–H and O–H groups in total. The molecule has 0 spiro atoms. The molecule has 10 nitrogen and oxygen atoms in total. The monoisotopic (exact) mass is 809 g/mol. The Labute approximate surface area is 348 Å². The van der Waals surface area contributed by atoms with Crippen LogP contribution in [-0.4, -0.2) is 89.0 Å². The van der Waals surface area contributed by atoms with Gasteiger partial charge in [-0.1, -0.05) is 142 Å². The van der Waals surface area contributed by atoms with Crippen molar-refractivity contribution in [1.29, 1.82) is 0 Å². The summed E-state index contributed by atoms with van der Waals surface area (Å²) in [6.07, 6.45) is 45.0. The van der Waals surface area contributed by atoms with Gasteiger partial charge in [0.05, 0.1) is 13.2 Å². The highest BCUT2D eigenvalue weighted by atomic mass is 16.7. The zero-order valence-corrected chi connectivity index (χ0v) is 35.0. The van der Waals surface area contributed by atoms with E-state index in [-0.39, 0.29) is 26.1 Å². The minimum absolute atomic E-state index is 0.163. The van der Waals surface area contributed by atoms with E-state index in [1.165, 1.54) is 0 Å². The quantitative estimate of drug-likeness (QED) is 0.0225. The number of aliphatic hydroxyl groups excluding tert-OH is 4. The third kappa shape index (κ3) is 28.5. The molecule has 0 aromatic rings. The number of esters is 2. The predicted octanol–water partition coefficient (Wildman–Crippen LogP) is 8.71. The van der Waals surface area contributed by atoms with Crippen molar-refractivity contribution in [2.24, 2.45) is 0 Å². The Morgan fingerprint density at radius 3 is 1.66 bits per heavy atom. The summed E-state index contributed by atoms with van der Waals surface area (Å²) in [5, 5.41) is 40.0. The SMILES string of the molecule is CC/C=C/C=C/C=C/C=C/CCCCCC(=O)OC(COC(=O)CCC/C=C/C/C=C/C/C=C/C/C=C/C/C=C/C/C=C/CC)CO[C@H]1O[C@@H](CO)[C@@H](O)C(O)C1O. The summed E-state index contributed by atoms with van der Waals surface area (Å²) in [4.78, 5) is 25.2. The highest BCUT2D eigenvalue weighted by Crippen LogP contribution is 2.22. The van der Waals surface area contributed by atoms with Crippen molar-refractivity contribution in [2.45, 2.75) is 147 Å². The Morgan fingerprint density at radius 2 is 1.07 bits per heavy atom. The van der Waals surface area contributed by atoms with Crippen LogP contribution in [0.1, 0.15) is 110 Å². The maximum absolute atomic E-state index is 12.7. The van der Waals surface area contributed by atoms with Crippen LogP contribution in [0.4, 0.5) is 0 Å². The van der Waals surface area contributed by atoms with Gasteiger partial charge in [-0.3, -0.25) is 9.59 Å². The lowest BCUT2D eigenvalue weighted by atomic mass is 9.99. The third-order valence-electron chi connectivity index (χ3n) is 8.69. The van der Waals surface area contributed by atoms with Crippen LogP contribution in [0.5, 0.6) is 0 Å². The number of ether oxygens (including phenoxy) is 4. The molecule has 0 amide bonds. The highest BCUT2D eigenvalue weighted by Gasteiger charge is 2.44. The van der Waals surface area contributed by atoms with Gasteiger partial charge in [0.1, 0.15) is 31.0 Å². The second-order valence-corrected chi connectivity index (χ2v) is 13.8. The van der Waals surface area contributed by atoms with Crippen molar-refractivity contribution in [1.82, 2.24) is 0 Å². The maximum Gasteiger partial charge on any atom is 0.306 e. The fourth-order valence-corrected chi connectivity index (χ4v) is 5.38. The van der Waals surface area contributed by atoms with Gasteiger partial charge in [0.15, 0.2) is 12.4 Å². The van der Waals surface area contributed by atoms with Crippen LogP contribution in [-0.2, 0) is 28.5 Å². The first-order valence-electron chi connectivity index (χ1n) is 21.2. The first kappa shape index (κ1) is 52.1. The summed E-state index contributed by atoms with van der Waals surface area (Å²) in [5.41, 5.74) is 0. The van der Waals surface area contributed by atoms with E-state index >= 15 is 0 Å². The first-order valence-corrected chi connectivity index (χ1v) is 21.2. The molecule has 1 saturated heterocycles.